The van der Waals surface area contributed by atoms with Gasteiger partial charge in [0.2, 0.25) is 0 Å². The largest absolute Gasteiger partial charge is 0.465 e. The van der Waals surface area contributed by atoms with E-state index < -0.39 is 0 Å². The lowest BCUT2D eigenvalue weighted by Crippen LogP contribution is -2.48. The Morgan fingerprint density at radius 1 is 1.32 bits per heavy atom. The molecule has 0 N–H and O–H groups in total. The molecule has 134 valence electrons. The molecule has 0 aliphatic carbocycles. The molecule has 0 aromatic carbocycles. The van der Waals surface area contributed by atoms with Crippen molar-refractivity contribution in [1.82, 2.24) is 14.9 Å². The molecule has 2 atom stereocenters. The highest BCUT2D eigenvalue weighted by Crippen LogP contribution is 2.37. The van der Waals surface area contributed by atoms with Gasteiger partial charge in [0.05, 0.1) is 31.2 Å². The van der Waals surface area contributed by atoms with Gasteiger partial charge in [0.25, 0.3) is 0 Å². The number of esters is 1. The third-order valence-corrected chi connectivity index (χ3v) is 6.30. The number of ether oxygens (including phenoxy) is 2. The number of methoxy groups -OCH3 is 1. The summed E-state index contributed by atoms with van der Waals surface area (Å²) in [5, 5.41) is 0.956. The molecule has 4 heterocycles. The average Bonchev–Trinajstić information content (AvgIpc) is 3.16. The zero-order chi connectivity index (χ0) is 17.7. The minimum Gasteiger partial charge on any atom is -0.465 e. The first-order chi connectivity index (χ1) is 12.0. The summed E-state index contributed by atoms with van der Waals surface area (Å²) in [6.07, 6.45) is 0.197. The Balaban J connectivity index is 1.79. The van der Waals surface area contributed by atoms with Crippen LogP contribution in [0.25, 0.3) is 10.2 Å². The zero-order valence-corrected chi connectivity index (χ0v) is 15.7. The van der Waals surface area contributed by atoms with Crippen molar-refractivity contribution in [3.05, 3.63) is 16.3 Å². The Bertz CT molecular complexity index is 837. The van der Waals surface area contributed by atoms with Crippen LogP contribution in [0.4, 0.5) is 5.82 Å². The number of carbonyl (C=O) groups excluding carboxylic acids is 1. The monoisotopic (exact) mass is 362 g/mol. The molecule has 2 aliphatic rings. The normalized spacial score (nSPS) is 23.9. The van der Waals surface area contributed by atoms with Gasteiger partial charge < -0.3 is 14.4 Å². The van der Waals surface area contributed by atoms with Gasteiger partial charge in [0.1, 0.15) is 21.3 Å². The Labute approximate surface area is 150 Å². The van der Waals surface area contributed by atoms with Crippen LogP contribution in [0.5, 0.6) is 0 Å². The number of rotatable bonds is 2. The number of likely N-dealkylation sites (N-methyl/N-ethyl adjacent to an activating group) is 1. The molecule has 0 bridgehead atoms. The van der Waals surface area contributed by atoms with Gasteiger partial charge in [-0.1, -0.05) is 0 Å². The molecule has 2 aliphatic heterocycles. The SMILES string of the molecule is COC(=O)c1sc2nc(C)nc(N3CC4OCCN(C)C4C3)c2c1C. The van der Waals surface area contributed by atoms with E-state index in [0.717, 1.165) is 47.8 Å². The summed E-state index contributed by atoms with van der Waals surface area (Å²) < 4.78 is 10.9. The van der Waals surface area contributed by atoms with E-state index in [1.165, 1.54) is 18.4 Å². The molecule has 0 spiro atoms. The summed E-state index contributed by atoms with van der Waals surface area (Å²) in [6, 6.07) is 0.373. The quantitative estimate of drug-likeness (QED) is 0.752. The van der Waals surface area contributed by atoms with Gasteiger partial charge in [-0.3, -0.25) is 4.90 Å². The lowest BCUT2D eigenvalue weighted by Gasteiger charge is -2.33. The minimum absolute atomic E-state index is 0.197. The minimum atomic E-state index is -0.317. The van der Waals surface area contributed by atoms with Crippen molar-refractivity contribution >= 4 is 33.3 Å². The zero-order valence-electron chi connectivity index (χ0n) is 14.9. The van der Waals surface area contributed by atoms with E-state index >= 15 is 0 Å². The lowest BCUT2D eigenvalue weighted by molar-refractivity contribution is -0.0362. The van der Waals surface area contributed by atoms with Gasteiger partial charge >= 0.3 is 5.97 Å². The van der Waals surface area contributed by atoms with E-state index in [0.29, 0.717) is 16.7 Å². The number of carbonyl (C=O) groups is 1. The van der Waals surface area contributed by atoms with Gasteiger partial charge in [-0.05, 0) is 26.5 Å². The number of fused-ring (bicyclic) bond motifs is 2. The highest BCUT2D eigenvalue weighted by Gasteiger charge is 2.40. The predicted octanol–water partition coefficient (Wildman–Crippen LogP) is 1.61. The van der Waals surface area contributed by atoms with Crippen LogP contribution in [0.3, 0.4) is 0 Å². The summed E-state index contributed by atoms with van der Waals surface area (Å²) in [4.78, 5) is 27.4. The fourth-order valence-corrected chi connectivity index (χ4v) is 4.91. The van der Waals surface area contributed by atoms with Crippen LogP contribution >= 0.6 is 11.3 Å². The number of hydrogen-bond acceptors (Lipinski definition) is 8. The smallest absolute Gasteiger partial charge is 0.348 e. The van der Waals surface area contributed by atoms with Crippen molar-refractivity contribution in [3.8, 4) is 0 Å². The van der Waals surface area contributed by atoms with Gasteiger partial charge in [0.15, 0.2) is 0 Å². The number of hydrogen-bond donors (Lipinski definition) is 0. The Morgan fingerprint density at radius 3 is 2.84 bits per heavy atom. The second-order valence-electron chi connectivity index (χ2n) is 6.68. The first-order valence-corrected chi connectivity index (χ1v) is 9.24. The van der Waals surface area contributed by atoms with E-state index in [1.807, 2.05) is 13.8 Å². The molecule has 4 rings (SSSR count). The molecule has 25 heavy (non-hydrogen) atoms. The van der Waals surface area contributed by atoms with Crippen LogP contribution in [-0.4, -0.2) is 73.4 Å². The fourth-order valence-electron chi connectivity index (χ4n) is 3.77. The molecule has 2 unspecified atom stereocenters. The van der Waals surface area contributed by atoms with E-state index in [9.17, 15) is 4.79 Å². The fraction of sp³-hybridized carbons (Fsp3) is 0.588. The number of aromatic nitrogens is 2. The second kappa shape index (κ2) is 6.19. The highest BCUT2D eigenvalue weighted by molar-refractivity contribution is 7.20. The molecular formula is C17H22N4O3S. The summed E-state index contributed by atoms with van der Waals surface area (Å²) in [5.41, 5.74) is 0.894. The molecule has 2 aromatic rings. The number of thiophene rings is 1. The van der Waals surface area contributed by atoms with Gasteiger partial charge in [-0.2, -0.15) is 0 Å². The average molecular weight is 362 g/mol. The van der Waals surface area contributed by atoms with E-state index in [4.69, 9.17) is 14.5 Å². The van der Waals surface area contributed by atoms with Crippen molar-refractivity contribution in [2.75, 3.05) is 45.3 Å². The van der Waals surface area contributed by atoms with Crippen molar-refractivity contribution in [3.63, 3.8) is 0 Å². The summed E-state index contributed by atoms with van der Waals surface area (Å²) in [7, 11) is 3.55. The maximum Gasteiger partial charge on any atom is 0.348 e. The topological polar surface area (TPSA) is 67.8 Å². The van der Waals surface area contributed by atoms with Crippen molar-refractivity contribution in [1.29, 1.82) is 0 Å². The molecule has 2 saturated heterocycles. The molecule has 0 amide bonds. The van der Waals surface area contributed by atoms with Crippen molar-refractivity contribution < 1.29 is 14.3 Å². The Kier molecular flexibility index (Phi) is 4.13. The standard InChI is InChI=1S/C17H22N4O3S/c1-9-13-15(21-7-11-12(8-21)24-6-5-20(11)3)18-10(2)19-16(13)25-14(9)17(22)23-4/h11-12H,5-8H2,1-4H3. The van der Waals surface area contributed by atoms with Crippen LogP contribution in [0.15, 0.2) is 0 Å². The van der Waals surface area contributed by atoms with Crippen LogP contribution in [0.1, 0.15) is 21.1 Å². The van der Waals surface area contributed by atoms with Crippen molar-refractivity contribution in [2.24, 2.45) is 0 Å². The van der Waals surface area contributed by atoms with Crippen LogP contribution in [0, 0.1) is 13.8 Å². The first kappa shape index (κ1) is 16.7. The second-order valence-corrected chi connectivity index (χ2v) is 7.68. The summed E-state index contributed by atoms with van der Waals surface area (Å²) in [6.45, 7) is 7.24. The molecule has 2 fully saturated rings. The Morgan fingerprint density at radius 2 is 2.12 bits per heavy atom. The third kappa shape index (κ3) is 2.68. The summed E-state index contributed by atoms with van der Waals surface area (Å²) >= 11 is 1.38. The maximum atomic E-state index is 12.1. The van der Waals surface area contributed by atoms with Gasteiger partial charge in [-0.25, -0.2) is 14.8 Å². The number of aryl methyl sites for hydroxylation is 2. The van der Waals surface area contributed by atoms with E-state index in [2.05, 4.69) is 21.8 Å². The number of nitrogens with zero attached hydrogens (tertiary/aromatic N) is 4. The van der Waals surface area contributed by atoms with Gasteiger partial charge in [-0.15, -0.1) is 11.3 Å². The molecule has 0 saturated carbocycles. The van der Waals surface area contributed by atoms with Gasteiger partial charge in [0, 0.05) is 19.6 Å². The lowest BCUT2D eigenvalue weighted by atomic mass is 10.1. The van der Waals surface area contributed by atoms with Crippen molar-refractivity contribution in [2.45, 2.75) is 26.0 Å². The predicted molar refractivity (Wildman–Crippen MR) is 96.6 cm³/mol. The third-order valence-electron chi connectivity index (χ3n) is 5.13. The van der Waals surface area contributed by atoms with E-state index in [-0.39, 0.29) is 12.1 Å². The summed E-state index contributed by atoms with van der Waals surface area (Å²) in [5.74, 6) is 1.30. The molecule has 2 aromatic heterocycles. The van der Waals surface area contributed by atoms with Crippen LogP contribution in [0.2, 0.25) is 0 Å². The number of anilines is 1. The van der Waals surface area contributed by atoms with Crippen LogP contribution < -0.4 is 4.90 Å². The molecule has 0 radical (unpaired) electrons. The Hall–Kier alpha value is -1.77. The highest BCUT2D eigenvalue weighted by atomic mass is 32.1. The molecule has 8 heteroatoms. The maximum absolute atomic E-state index is 12.1. The number of morpholine rings is 1. The first-order valence-electron chi connectivity index (χ1n) is 8.42. The van der Waals surface area contributed by atoms with Crippen LogP contribution in [-0.2, 0) is 9.47 Å². The van der Waals surface area contributed by atoms with E-state index in [1.54, 1.807) is 0 Å². The molecule has 7 nitrogen and oxygen atoms in total. The molecular weight excluding hydrogens is 340 g/mol.